The molecule has 1 heterocycles. The van der Waals surface area contributed by atoms with Crippen LogP contribution in [0.15, 0.2) is 18.3 Å². The summed E-state index contributed by atoms with van der Waals surface area (Å²) in [6.45, 7) is 0. The predicted octanol–water partition coefficient (Wildman–Crippen LogP) is 1.11. The monoisotopic (exact) mass is 155 g/mol. The van der Waals surface area contributed by atoms with Crippen molar-refractivity contribution in [3.05, 3.63) is 24.1 Å². The van der Waals surface area contributed by atoms with E-state index in [9.17, 15) is 4.39 Å². The third-order valence-corrected chi connectivity index (χ3v) is 1.07. The third kappa shape index (κ3) is 2.51. The molecule has 1 aromatic rings. The van der Waals surface area contributed by atoms with Crippen molar-refractivity contribution in [1.29, 1.82) is 0 Å². The fourth-order valence-corrected chi connectivity index (χ4v) is 0.671. The molecule has 0 aliphatic rings. The molecule has 4 heteroatoms. The minimum Gasteiger partial charge on any atom is -0.304 e. The van der Waals surface area contributed by atoms with E-state index < -0.39 is 0 Å². The van der Waals surface area contributed by atoms with Gasteiger partial charge >= 0.3 is 0 Å². The number of nitrogens with one attached hydrogen (secondary N) is 1. The lowest BCUT2D eigenvalue weighted by molar-refractivity contribution is 0.491. The van der Waals surface area contributed by atoms with Crippen LogP contribution in [0.4, 0.5) is 10.2 Å². The van der Waals surface area contributed by atoms with Crippen molar-refractivity contribution in [2.45, 2.75) is 0 Å². The fourth-order valence-electron chi connectivity index (χ4n) is 0.671. The first-order chi connectivity index (χ1) is 5.18. The van der Waals surface area contributed by atoms with Gasteiger partial charge in [-0.3, -0.25) is 0 Å². The Hall–Kier alpha value is -1.16. The second kappa shape index (κ2) is 3.30. The van der Waals surface area contributed by atoms with Crippen molar-refractivity contribution in [3.63, 3.8) is 0 Å². The van der Waals surface area contributed by atoms with E-state index in [0.717, 1.165) is 0 Å². The van der Waals surface area contributed by atoms with E-state index in [2.05, 4.69) is 10.4 Å². The lowest BCUT2D eigenvalue weighted by Crippen LogP contribution is -2.20. The average Bonchev–Trinajstić information content (AvgIpc) is 1.93. The van der Waals surface area contributed by atoms with Crippen molar-refractivity contribution in [2.24, 2.45) is 0 Å². The van der Waals surface area contributed by atoms with Crippen LogP contribution in [0.3, 0.4) is 0 Å². The number of hydrogen-bond acceptors (Lipinski definition) is 3. The van der Waals surface area contributed by atoms with Gasteiger partial charge in [-0.25, -0.2) is 14.4 Å². The van der Waals surface area contributed by atoms with Crippen molar-refractivity contribution >= 4 is 5.82 Å². The number of anilines is 1. The van der Waals surface area contributed by atoms with Crippen LogP contribution < -0.4 is 5.43 Å². The van der Waals surface area contributed by atoms with Crippen molar-refractivity contribution in [2.75, 3.05) is 19.5 Å². The van der Waals surface area contributed by atoms with Crippen LogP contribution in [-0.4, -0.2) is 24.1 Å². The number of hydrogen-bond donors (Lipinski definition) is 1. The SMILES string of the molecule is CN(C)Nc1ccc(F)cn1. The second-order valence-electron chi connectivity index (χ2n) is 2.37. The quantitative estimate of drug-likeness (QED) is 0.648. The van der Waals surface area contributed by atoms with Gasteiger partial charge in [0.1, 0.15) is 11.6 Å². The first-order valence-electron chi connectivity index (χ1n) is 3.24. The molecule has 0 bridgehead atoms. The number of halogens is 1. The van der Waals surface area contributed by atoms with Crippen molar-refractivity contribution in [1.82, 2.24) is 9.99 Å². The Morgan fingerprint density at radius 1 is 1.45 bits per heavy atom. The molecule has 0 aliphatic carbocycles. The summed E-state index contributed by atoms with van der Waals surface area (Å²) in [5, 5.41) is 1.74. The molecule has 0 saturated heterocycles. The Balaban J connectivity index is 2.66. The highest BCUT2D eigenvalue weighted by molar-refractivity contribution is 5.31. The van der Waals surface area contributed by atoms with Gasteiger partial charge in [0.15, 0.2) is 0 Å². The van der Waals surface area contributed by atoms with Gasteiger partial charge in [-0.1, -0.05) is 0 Å². The number of aromatic nitrogens is 1. The van der Waals surface area contributed by atoms with Crippen molar-refractivity contribution < 1.29 is 4.39 Å². The van der Waals surface area contributed by atoms with E-state index in [1.807, 2.05) is 14.1 Å². The van der Waals surface area contributed by atoms with Crippen LogP contribution in [-0.2, 0) is 0 Å². The molecule has 1 rings (SSSR count). The molecule has 0 amide bonds. The van der Waals surface area contributed by atoms with Crippen molar-refractivity contribution in [3.8, 4) is 0 Å². The maximum Gasteiger partial charge on any atom is 0.141 e. The molecule has 0 aliphatic heterocycles. The molecule has 0 spiro atoms. The molecule has 0 unspecified atom stereocenters. The highest BCUT2D eigenvalue weighted by Crippen LogP contribution is 2.02. The Bertz CT molecular complexity index is 220. The van der Waals surface area contributed by atoms with Crippen LogP contribution in [0.5, 0.6) is 0 Å². The Morgan fingerprint density at radius 3 is 2.64 bits per heavy atom. The summed E-state index contributed by atoms with van der Waals surface area (Å²) in [6, 6.07) is 2.94. The number of hydrazine groups is 1. The van der Waals surface area contributed by atoms with E-state index in [-0.39, 0.29) is 5.82 Å². The highest BCUT2D eigenvalue weighted by Gasteiger charge is 1.93. The van der Waals surface area contributed by atoms with Gasteiger partial charge in [0.05, 0.1) is 6.20 Å². The van der Waals surface area contributed by atoms with Gasteiger partial charge in [0, 0.05) is 14.1 Å². The van der Waals surface area contributed by atoms with Crippen LogP contribution >= 0.6 is 0 Å². The minimum atomic E-state index is -0.325. The summed E-state index contributed by atoms with van der Waals surface area (Å²) in [7, 11) is 3.68. The molecule has 0 aromatic carbocycles. The topological polar surface area (TPSA) is 28.2 Å². The third-order valence-electron chi connectivity index (χ3n) is 1.07. The van der Waals surface area contributed by atoms with Gasteiger partial charge in [-0.2, -0.15) is 0 Å². The Kier molecular flexibility index (Phi) is 2.38. The molecular weight excluding hydrogens is 145 g/mol. The highest BCUT2D eigenvalue weighted by atomic mass is 19.1. The van der Waals surface area contributed by atoms with Gasteiger partial charge in [-0.15, -0.1) is 0 Å². The largest absolute Gasteiger partial charge is 0.304 e. The Labute approximate surface area is 64.8 Å². The molecular formula is C7H10FN3. The van der Waals surface area contributed by atoms with Gasteiger partial charge in [-0.05, 0) is 12.1 Å². The zero-order chi connectivity index (χ0) is 8.27. The van der Waals surface area contributed by atoms with E-state index >= 15 is 0 Å². The van der Waals surface area contributed by atoms with Crippen LogP contribution in [0.1, 0.15) is 0 Å². The second-order valence-corrected chi connectivity index (χ2v) is 2.37. The molecule has 1 N–H and O–H groups in total. The fraction of sp³-hybridized carbons (Fsp3) is 0.286. The molecule has 0 saturated carbocycles. The number of nitrogens with zero attached hydrogens (tertiary/aromatic N) is 2. The smallest absolute Gasteiger partial charge is 0.141 e. The number of rotatable bonds is 2. The number of pyridine rings is 1. The van der Waals surface area contributed by atoms with Crippen LogP contribution in [0, 0.1) is 5.82 Å². The summed E-state index contributed by atoms with van der Waals surface area (Å²) < 4.78 is 12.3. The summed E-state index contributed by atoms with van der Waals surface area (Å²) in [5.74, 6) is 0.311. The van der Waals surface area contributed by atoms with E-state index in [4.69, 9.17) is 0 Å². The molecule has 0 radical (unpaired) electrons. The van der Waals surface area contributed by atoms with Gasteiger partial charge in [0.25, 0.3) is 0 Å². The maximum atomic E-state index is 12.3. The summed E-state index contributed by atoms with van der Waals surface area (Å²) in [4.78, 5) is 3.79. The molecule has 0 atom stereocenters. The average molecular weight is 155 g/mol. The van der Waals surface area contributed by atoms with Crippen LogP contribution in [0.25, 0.3) is 0 Å². The molecule has 1 aromatic heterocycles. The summed E-state index contributed by atoms with van der Waals surface area (Å²) in [6.07, 6.45) is 1.17. The minimum absolute atomic E-state index is 0.325. The zero-order valence-corrected chi connectivity index (χ0v) is 6.50. The molecule has 11 heavy (non-hydrogen) atoms. The first kappa shape index (κ1) is 7.94. The van der Waals surface area contributed by atoms with Gasteiger partial charge in [0.2, 0.25) is 0 Å². The first-order valence-corrected chi connectivity index (χ1v) is 3.24. The van der Waals surface area contributed by atoms with E-state index in [1.54, 1.807) is 11.1 Å². The Morgan fingerprint density at radius 2 is 2.18 bits per heavy atom. The predicted molar refractivity (Wildman–Crippen MR) is 41.5 cm³/mol. The summed E-state index contributed by atoms with van der Waals surface area (Å²) >= 11 is 0. The molecule has 0 fully saturated rings. The van der Waals surface area contributed by atoms with E-state index in [1.165, 1.54) is 12.3 Å². The van der Waals surface area contributed by atoms with E-state index in [0.29, 0.717) is 5.82 Å². The summed E-state index contributed by atoms with van der Waals surface area (Å²) in [5.41, 5.74) is 2.89. The van der Waals surface area contributed by atoms with Gasteiger partial charge < -0.3 is 5.43 Å². The lowest BCUT2D eigenvalue weighted by Gasteiger charge is -2.11. The molecule has 60 valence electrons. The standard InChI is InChI=1S/C7H10FN3/c1-11(2)10-7-4-3-6(8)5-9-7/h3-5H,1-2H3,(H,9,10). The zero-order valence-electron chi connectivity index (χ0n) is 6.50. The van der Waals surface area contributed by atoms with Crippen LogP contribution in [0.2, 0.25) is 0 Å². The molecule has 3 nitrogen and oxygen atoms in total. The lowest BCUT2D eigenvalue weighted by atomic mass is 10.4. The maximum absolute atomic E-state index is 12.3. The normalized spacial score (nSPS) is 10.2.